The quantitative estimate of drug-likeness (QED) is 0.549. The van der Waals surface area contributed by atoms with Gasteiger partial charge in [0.05, 0.1) is 4.47 Å². The maximum absolute atomic E-state index is 13.0. The number of dihydropyridines is 1. The van der Waals surface area contributed by atoms with E-state index in [0.29, 0.717) is 25.2 Å². The van der Waals surface area contributed by atoms with Gasteiger partial charge >= 0.3 is 0 Å². The van der Waals surface area contributed by atoms with Crippen LogP contribution in [0.5, 0.6) is 5.75 Å². The minimum atomic E-state index is -0.388. The largest absolute Gasteiger partial charge is 0.488 e. The van der Waals surface area contributed by atoms with Gasteiger partial charge in [0.1, 0.15) is 12.4 Å². The zero-order valence-electron chi connectivity index (χ0n) is 15.4. The Morgan fingerprint density at radius 1 is 1.04 bits per heavy atom. The lowest BCUT2D eigenvalue weighted by molar-refractivity contribution is -0.116. The summed E-state index contributed by atoms with van der Waals surface area (Å²) in [6, 6.07) is 3.89. The third kappa shape index (κ3) is 3.41. The first-order valence-electron chi connectivity index (χ1n) is 9.53. The second-order valence-electron chi connectivity index (χ2n) is 7.30. The Kier molecular flexibility index (Phi) is 5.61. The first-order valence-corrected chi connectivity index (χ1v) is 11.1. The van der Waals surface area contributed by atoms with Crippen molar-refractivity contribution in [1.82, 2.24) is 5.32 Å². The van der Waals surface area contributed by atoms with Crippen molar-refractivity contribution in [3.05, 3.63) is 61.8 Å². The molecule has 1 aromatic carbocycles. The highest BCUT2D eigenvalue weighted by atomic mass is 79.9. The molecule has 6 heteroatoms. The number of nitrogens with one attached hydrogen (secondary N) is 1. The van der Waals surface area contributed by atoms with Crippen LogP contribution in [0.2, 0.25) is 0 Å². The number of ketones is 2. The van der Waals surface area contributed by atoms with Crippen molar-refractivity contribution in [3.8, 4) is 5.75 Å². The second kappa shape index (κ2) is 7.99. The number of Topliss-reactive ketones (excluding diaryl/α,β-unsaturated/α-hetero) is 2. The summed E-state index contributed by atoms with van der Waals surface area (Å²) in [5, 5.41) is 3.45. The molecule has 28 heavy (non-hydrogen) atoms. The van der Waals surface area contributed by atoms with Crippen molar-refractivity contribution < 1.29 is 14.3 Å². The van der Waals surface area contributed by atoms with Crippen molar-refractivity contribution in [1.29, 1.82) is 0 Å². The molecule has 1 heterocycles. The van der Waals surface area contributed by atoms with Crippen LogP contribution in [-0.4, -0.2) is 18.2 Å². The molecule has 1 aromatic rings. The Balaban J connectivity index is 1.96. The monoisotopic (exact) mass is 505 g/mol. The van der Waals surface area contributed by atoms with Gasteiger partial charge in [-0.1, -0.05) is 28.6 Å². The molecule has 0 atom stereocenters. The van der Waals surface area contributed by atoms with Gasteiger partial charge in [0.2, 0.25) is 0 Å². The standard InChI is InChI=1S/C22H21Br2NO3/c1-2-9-28-22-13(10-12(23)11-14(22)24)19-20-15(5-3-7-17(20)26)25-16-6-4-8-18(27)21(16)19/h2,10-11,19,25H,1,3-9H2. The number of ether oxygens (including phenoxy) is 1. The van der Waals surface area contributed by atoms with Crippen LogP contribution in [-0.2, 0) is 9.59 Å². The number of carbonyl (C=O) groups is 2. The molecular formula is C22H21Br2NO3. The van der Waals surface area contributed by atoms with Gasteiger partial charge in [0.25, 0.3) is 0 Å². The molecule has 0 unspecified atom stereocenters. The Morgan fingerprint density at radius 3 is 2.21 bits per heavy atom. The summed E-state index contributed by atoms with van der Waals surface area (Å²) >= 11 is 7.16. The fourth-order valence-electron chi connectivity index (χ4n) is 4.38. The third-order valence-electron chi connectivity index (χ3n) is 5.49. The minimum Gasteiger partial charge on any atom is -0.488 e. The second-order valence-corrected chi connectivity index (χ2v) is 9.07. The van der Waals surface area contributed by atoms with E-state index < -0.39 is 0 Å². The van der Waals surface area contributed by atoms with Crippen LogP contribution in [0, 0.1) is 0 Å². The fraction of sp³-hybridized carbons (Fsp3) is 0.364. The summed E-state index contributed by atoms with van der Waals surface area (Å²) in [7, 11) is 0. The number of allylic oxidation sites excluding steroid dienone is 4. The van der Waals surface area contributed by atoms with Gasteiger partial charge in [0, 0.05) is 51.3 Å². The summed E-state index contributed by atoms with van der Waals surface area (Å²) in [5.74, 6) is 0.509. The summed E-state index contributed by atoms with van der Waals surface area (Å²) in [5.41, 5.74) is 4.25. The average Bonchev–Trinajstić information content (AvgIpc) is 2.66. The molecule has 0 fully saturated rings. The topological polar surface area (TPSA) is 55.4 Å². The van der Waals surface area contributed by atoms with Crippen LogP contribution >= 0.6 is 31.9 Å². The molecule has 0 radical (unpaired) electrons. The van der Waals surface area contributed by atoms with Crippen molar-refractivity contribution in [2.24, 2.45) is 0 Å². The van der Waals surface area contributed by atoms with E-state index in [0.717, 1.165) is 62.7 Å². The number of halogens is 2. The van der Waals surface area contributed by atoms with E-state index in [1.165, 1.54) is 0 Å². The predicted octanol–water partition coefficient (Wildman–Crippen LogP) is 5.48. The SMILES string of the molecule is C=CCOc1c(Br)cc(Br)cc1C1C2=C(CCCC2=O)NC2=C1C(=O)CCC2. The minimum absolute atomic E-state index is 0.120. The molecule has 146 valence electrons. The lowest BCUT2D eigenvalue weighted by Gasteiger charge is -2.37. The van der Waals surface area contributed by atoms with E-state index >= 15 is 0 Å². The van der Waals surface area contributed by atoms with E-state index in [1.54, 1.807) is 6.08 Å². The molecule has 1 N–H and O–H groups in total. The average molecular weight is 507 g/mol. The Morgan fingerprint density at radius 2 is 1.64 bits per heavy atom. The van der Waals surface area contributed by atoms with Gasteiger partial charge in [-0.25, -0.2) is 0 Å². The van der Waals surface area contributed by atoms with E-state index in [4.69, 9.17) is 4.74 Å². The Hall–Kier alpha value is -1.66. The summed E-state index contributed by atoms with van der Waals surface area (Å²) in [6.45, 7) is 4.08. The maximum atomic E-state index is 13.0. The lowest BCUT2D eigenvalue weighted by Crippen LogP contribution is -2.36. The normalized spacial score (nSPS) is 19.9. The smallest absolute Gasteiger partial charge is 0.161 e. The fourth-order valence-corrected chi connectivity index (χ4v) is 5.76. The van der Waals surface area contributed by atoms with E-state index in [2.05, 4.69) is 43.8 Å². The number of benzene rings is 1. The van der Waals surface area contributed by atoms with Crippen LogP contribution in [0.3, 0.4) is 0 Å². The molecular weight excluding hydrogens is 486 g/mol. The van der Waals surface area contributed by atoms with Gasteiger partial charge in [-0.3, -0.25) is 9.59 Å². The number of hydrogen-bond acceptors (Lipinski definition) is 4. The Labute approximate surface area is 181 Å². The first kappa shape index (κ1) is 19.6. The lowest BCUT2D eigenvalue weighted by atomic mass is 9.71. The van der Waals surface area contributed by atoms with E-state index in [-0.39, 0.29) is 17.5 Å². The van der Waals surface area contributed by atoms with Gasteiger partial charge < -0.3 is 10.1 Å². The van der Waals surface area contributed by atoms with Crippen LogP contribution in [0.15, 0.2) is 56.3 Å². The highest BCUT2D eigenvalue weighted by Gasteiger charge is 2.41. The number of carbonyl (C=O) groups excluding carboxylic acids is 2. The van der Waals surface area contributed by atoms with Crippen molar-refractivity contribution >= 4 is 43.4 Å². The maximum Gasteiger partial charge on any atom is 0.161 e. The summed E-state index contributed by atoms with van der Waals surface area (Å²) in [6.07, 6.45) is 6.08. The predicted molar refractivity (Wildman–Crippen MR) is 115 cm³/mol. The van der Waals surface area contributed by atoms with Crippen LogP contribution in [0.4, 0.5) is 0 Å². The van der Waals surface area contributed by atoms with Crippen molar-refractivity contribution in [2.75, 3.05) is 6.61 Å². The third-order valence-corrected chi connectivity index (χ3v) is 6.53. The van der Waals surface area contributed by atoms with Crippen LogP contribution < -0.4 is 10.1 Å². The zero-order chi connectivity index (χ0) is 19.8. The molecule has 3 aliphatic rings. The van der Waals surface area contributed by atoms with Crippen LogP contribution in [0.25, 0.3) is 0 Å². The summed E-state index contributed by atoms with van der Waals surface area (Å²) in [4.78, 5) is 26.0. The van der Waals surface area contributed by atoms with Crippen LogP contribution in [0.1, 0.15) is 50.0 Å². The molecule has 2 aliphatic carbocycles. The van der Waals surface area contributed by atoms with Crippen molar-refractivity contribution in [3.63, 3.8) is 0 Å². The van der Waals surface area contributed by atoms with Crippen molar-refractivity contribution in [2.45, 2.75) is 44.4 Å². The van der Waals surface area contributed by atoms with E-state index in [1.807, 2.05) is 12.1 Å². The molecule has 0 spiro atoms. The van der Waals surface area contributed by atoms with Gasteiger partial charge in [-0.2, -0.15) is 0 Å². The first-order chi connectivity index (χ1) is 13.5. The van der Waals surface area contributed by atoms with Gasteiger partial charge in [-0.15, -0.1) is 0 Å². The zero-order valence-corrected chi connectivity index (χ0v) is 18.6. The Bertz CT molecular complexity index is 903. The molecule has 0 amide bonds. The molecule has 0 bridgehead atoms. The molecule has 4 rings (SSSR count). The number of rotatable bonds is 4. The number of hydrogen-bond donors (Lipinski definition) is 1. The molecule has 0 aromatic heterocycles. The molecule has 0 saturated heterocycles. The van der Waals surface area contributed by atoms with E-state index in [9.17, 15) is 9.59 Å². The molecule has 0 saturated carbocycles. The summed E-state index contributed by atoms with van der Waals surface area (Å²) < 4.78 is 7.64. The highest BCUT2D eigenvalue weighted by molar-refractivity contribution is 9.11. The molecule has 1 aliphatic heterocycles. The van der Waals surface area contributed by atoms with Gasteiger partial charge in [0.15, 0.2) is 11.6 Å². The highest BCUT2D eigenvalue weighted by Crippen LogP contribution is 2.49. The van der Waals surface area contributed by atoms with Gasteiger partial charge in [-0.05, 0) is 53.7 Å². The molecule has 4 nitrogen and oxygen atoms in total.